The molecule has 0 radical (unpaired) electrons. The number of likely N-dealkylation sites (tertiary alicyclic amines) is 1. The van der Waals surface area contributed by atoms with Gasteiger partial charge in [-0.25, -0.2) is 9.67 Å². The number of rotatable bonds is 5. The fraction of sp³-hybridized carbons (Fsp3) is 0.611. The SMILES string of the molecule is COc1nn(C)c2nc(C)c(CCC(=O)N3CCCC3CN)c(C)c12.Cl.Cl. The van der Waals surface area contributed by atoms with Crippen molar-refractivity contribution in [2.75, 3.05) is 20.2 Å². The number of methoxy groups -OCH3 is 1. The average molecular weight is 418 g/mol. The number of nitrogens with zero attached hydrogens (tertiary/aromatic N) is 4. The van der Waals surface area contributed by atoms with Crippen molar-refractivity contribution in [1.82, 2.24) is 19.7 Å². The Morgan fingerprint density at radius 3 is 2.67 bits per heavy atom. The van der Waals surface area contributed by atoms with E-state index in [1.165, 1.54) is 0 Å². The molecule has 2 N–H and O–H groups in total. The van der Waals surface area contributed by atoms with Crippen LogP contribution in [0.1, 0.15) is 36.1 Å². The third-order valence-corrected chi connectivity index (χ3v) is 5.27. The number of halogens is 2. The first kappa shape index (κ1) is 23.5. The Morgan fingerprint density at radius 1 is 1.33 bits per heavy atom. The zero-order chi connectivity index (χ0) is 18.1. The Kier molecular flexibility index (Phi) is 8.32. The van der Waals surface area contributed by atoms with Gasteiger partial charge in [-0.2, -0.15) is 0 Å². The minimum absolute atomic E-state index is 0. The van der Waals surface area contributed by atoms with Gasteiger partial charge in [-0.1, -0.05) is 0 Å². The molecule has 1 saturated heterocycles. The maximum absolute atomic E-state index is 12.6. The minimum atomic E-state index is 0. The van der Waals surface area contributed by atoms with E-state index in [4.69, 9.17) is 10.5 Å². The number of aryl methyl sites for hydroxylation is 3. The van der Waals surface area contributed by atoms with Crippen LogP contribution >= 0.6 is 24.8 Å². The van der Waals surface area contributed by atoms with Crippen LogP contribution in [0.15, 0.2) is 0 Å². The Hall–Kier alpha value is -1.57. The molecule has 3 rings (SSSR count). The Bertz CT molecular complexity index is 809. The predicted molar refractivity (Wildman–Crippen MR) is 111 cm³/mol. The van der Waals surface area contributed by atoms with Crippen LogP contribution in [0.2, 0.25) is 0 Å². The van der Waals surface area contributed by atoms with Crippen LogP contribution in [0.5, 0.6) is 5.88 Å². The lowest BCUT2D eigenvalue weighted by Gasteiger charge is -2.23. The first-order valence-electron chi connectivity index (χ1n) is 8.84. The van der Waals surface area contributed by atoms with E-state index in [0.717, 1.165) is 47.2 Å². The molecule has 0 saturated carbocycles. The van der Waals surface area contributed by atoms with Gasteiger partial charge in [-0.15, -0.1) is 29.9 Å². The van der Waals surface area contributed by atoms with Crippen LogP contribution in [-0.2, 0) is 18.3 Å². The van der Waals surface area contributed by atoms with E-state index in [9.17, 15) is 4.79 Å². The quantitative estimate of drug-likeness (QED) is 0.806. The largest absolute Gasteiger partial charge is 0.479 e. The lowest BCUT2D eigenvalue weighted by molar-refractivity contribution is -0.131. The van der Waals surface area contributed by atoms with Gasteiger partial charge in [0, 0.05) is 38.3 Å². The summed E-state index contributed by atoms with van der Waals surface area (Å²) in [6.45, 7) is 5.42. The van der Waals surface area contributed by atoms with E-state index in [1.807, 2.05) is 18.9 Å². The molecule has 2 aromatic heterocycles. The van der Waals surface area contributed by atoms with Crippen molar-refractivity contribution in [2.45, 2.75) is 45.6 Å². The second-order valence-electron chi connectivity index (χ2n) is 6.75. The molecular weight excluding hydrogens is 389 g/mol. The molecule has 27 heavy (non-hydrogen) atoms. The summed E-state index contributed by atoms with van der Waals surface area (Å²) in [5, 5.41) is 5.30. The predicted octanol–water partition coefficient (Wildman–Crippen LogP) is 2.32. The summed E-state index contributed by atoms with van der Waals surface area (Å²) in [7, 11) is 3.48. The number of carbonyl (C=O) groups excluding carboxylic acids is 1. The maximum atomic E-state index is 12.6. The number of ether oxygens (including phenoxy) is 1. The van der Waals surface area contributed by atoms with Crippen LogP contribution in [0.4, 0.5) is 0 Å². The third kappa shape index (κ3) is 4.31. The summed E-state index contributed by atoms with van der Waals surface area (Å²) in [5.41, 5.74) is 9.74. The van der Waals surface area contributed by atoms with Crippen molar-refractivity contribution in [3.05, 3.63) is 16.8 Å². The molecule has 0 aromatic carbocycles. The van der Waals surface area contributed by atoms with E-state index in [1.54, 1.807) is 11.8 Å². The van der Waals surface area contributed by atoms with Gasteiger partial charge in [0.1, 0.15) is 0 Å². The van der Waals surface area contributed by atoms with Crippen molar-refractivity contribution in [2.24, 2.45) is 12.8 Å². The Balaban J connectivity index is 0.00000182. The summed E-state index contributed by atoms with van der Waals surface area (Å²) < 4.78 is 7.13. The van der Waals surface area contributed by atoms with Crippen LogP contribution < -0.4 is 10.5 Å². The van der Waals surface area contributed by atoms with E-state index in [2.05, 4.69) is 17.0 Å². The topological polar surface area (TPSA) is 86.3 Å². The molecule has 1 fully saturated rings. The first-order chi connectivity index (χ1) is 12.0. The van der Waals surface area contributed by atoms with E-state index < -0.39 is 0 Å². The monoisotopic (exact) mass is 417 g/mol. The lowest BCUT2D eigenvalue weighted by atomic mass is 10.00. The third-order valence-electron chi connectivity index (χ3n) is 5.27. The summed E-state index contributed by atoms with van der Waals surface area (Å²) >= 11 is 0. The van der Waals surface area contributed by atoms with Gasteiger partial charge in [0.25, 0.3) is 0 Å². The molecule has 1 aliphatic rings. The average Bonchev–Trinajstić information content (AvgIpc) is 3.19. The number of carbonyl (C=O) groups is 1. The molecule has 0 bridgehead atoms. The fourth-order valence-corrected chi connectivity index (χ4v) is 3.89. The number of aromatic nitrogens is 3. The highest BCUT2D eigenvalue weighted by Crippen LogP contribution is 2.30. The van der Waals surface area contributed by atoms with Crippen LogP contribution in [0, 0.1) is 13.8 Å². The summed E-state index contributed by atoms with van der Waals surface area (Å²) in [6, 6.07) is 0.203. The molecular formula is C18H29Cl2N5O2. The Labute approximate surface area is 172 Å². The molecule has 9 heteroatoms. The number of hydrogen-bond donors (Lipinski definition) is 1. The second-order valence-corrected chi connectivity index (χ2v) is 6.75. The number of nitrogens with two attached hydrogens (primary N) is 1. The van der Waals surface area contributed by atoms with Crippen molar-refractivity contribution in [3.8, 4) is 5.88 Å². The molecule has 7 nitrogen and oxygen atoms in total. The van der Waals surface area contributed by atoms with E-state index in [-0.39, 0.29) is 36.8 Å². The van der Waals surface area contributed by atoms with Gasteiger partial charge in [-0.05, 0) is 44.2 Å². The zero-order valence-corrected chi connectivity index (χ0v) is 18.0. The molecule has 1 aliphatic heterocycles. The van der Waals surface area contributed by atoms with Gasteiger partial charge < -0.3 is 15.4 Å². The second kappa shape index (κ2) is 9.57. The number of fused-ring (bicyclic) bond motifs is 1. The highest BCUT2D eigenvalue weighted by atomic mass is 35.5. The standard InChI is InChI=1S/C18H27N5O2.2ClH/c1-11-14(7-8-15(24)23-9-5-6-13(23)10-19)12(2)20-17-16(11)18(25-4)21-22(17)3;;/h13H,5-10,19H2,1-4H3;2*1H. The fourth-order valence-electron chi connectivity index (χ4n) is 3.89. The van der Waals surface area contributed by atoms with Crippen molar-refractivity contribution in [3.63, 3.8) is 0 Å². The van der Waals surface area contributed by atoms with Gasteiger partial charge in [-0.3, -0.25) is 4.79 Å². The number of amides is 1. The van der Waals surface area contributed by atoms with Crippen molar-refractivity contribution < 1.29 is 9.53 Å². The van der Waals surface area contributed by atoms with E-state index in [0.29, 0.717) is 25.3 Å². The lowest BCUT2D eigenvalue weighted by Crippen LogP contribution is -2.40. The van der Waals surface area contributed by atoms with Crippen molar-refractivity contribution >= 4 is 41.8 Å². The zero-order valence-electron chi connectivity index (χ0n) is 16.3. The molecule has 2 aromatic rings. The summed E-state index contributed by atoms with van der Waals surface area (Å²) in [4.78, 5) is 19.2. The number of pyridine rings is 1. The van der Waals surface area contributed by atoms with E-state index >= 15 is 0 Å². The van der Waals surface area contributed by atoms with Gasteiger partial charge in [0.05, 0.1) is 12.5 Å². The first-order valence-corrected chi connectivity index (χ1v) is 8.84. The maximum Gasteiger partial charge on any atom is 0.242 e. The van der Waals surface area contributed by atoms with Crippen molar-refractivity contribution in [1.29, 1.82) is 0 Å². The smallest absolute Gasteiger partial charge is 0.242 e. The van der Waals surface area contributed by atoms with Gasteiger partial charge in [0.15, 0.2) is 5.65 Å². The van der Waals surface area contributed by atoms with Crippen LogP contribution in [0.3, 0.4) is 0 Å². The molecule has 3 heterocycles. The molecule has 1 amide bonds. The normalized spacial score (nSPS) is 16.2. The molecule has 0 aliphatic carbocycles. The van der Waals surface area contributed by atoms with Crippen LogP contribution in [0.25, 0.3) is 11.0 Å². The summed E-state index contributed by atoms with van der Waals surface area (Å²) in [6.07, 6.45) is 3.21. The van der Waals surface area contributed by atoms with Crippen LogP contribution in [-0.4, -0.2) is 51.8 Å². The number of hydrogen-bond acceptors (Lipinski definition) is 5. The molecule has 1 unspecified atom stereocenters. The summed E-state index contributed by atoms with van der Waals surface area (Å²) in [5.74, 6) is 0.766. The highest BCUT2D eigenvalue weighted by Gasteiger charge is 2.27. The molecule has 152 valence electrons. The molecule has 0 spiro atoms. The Morgan fingerprint density at radius 2 is 2.04 bits per heavy atom. The van der Waals surface area contributed by atoms with Gasteiger partial charge in [0.2, 0.25) is 11.8 Å². The minimum Gasteiger partial charge on any atom is -0.479 e. The van der Waals surface area contributed by atoms with Gasteiger partial charge >= 0.3 is 0 Å². The highest BCUT2D eigenvalue weighted by molar-refractivity contribution is 5.86. The molecule has 1 atom stereocenters.